The van der Waals surface area contributed by atoms with Crippen molar-refractivity contribution in [2.75, 3.05) is 23.7 Å². The van der Waals surface area contributed by atoms with Crippen molar-refractivity contribution in [2.45, 2.75) is 50.1 Å². The summed E-state index contributed by atoms with van der Waals surface area (Å²) >= 11 is 1.36. The summed E-state index contributed by atoms with van der Waals surface area (Å²) in [6, 6.07) is 6.00. The molecule has 28 heavy (non-hydrogen) atoms. The van der Waals surface area contributed by atoms with Crippen molar-refractivity contribution < 1.29 is 9.21 Å². The number of thioether (sulfide) groups is 1. The molecule has 1 amide bonds. The minimum absolute atomic E-state index is 0.0902. The summed E-state index contributed by atoms with van der Waals surface area (Å²) in [4.78, 5) is 19.5. The van der Waals surface area contributed by atoms with Gasteiger partial charge in [0.1, 0.15) is 22.7 Å². The second-order valence-electron chi connectivity index (χ2n) is 7.23. The van der Waals surface area contributed by atoms with E-state index in [1.165, 1.54) is 30.2 Å². The number of nitriles is 1. The molecule has 2 aliphatic rings. The van der Waals surface area contributed by atoms with E-state index in [4.69, 9.17) is 9.40 Å². The summed E-state index contributed by atoms with van der Waals surface area (Å²) < 4.78 is 5.24. The normalized spacial score (nSPS) is 15.9. The van der Waals surface area contributed by atoms with Gasteiger partial charge in [-0.05, 0) is 61.8 Å². The Kier molecular flexibility index (Phi) is 5.87. The Hall–Kier alpha value is -2.46. The van der Waals surface area contributed by atoms with E-state index >= 15 is 0 Å². The number of carbonyl (C=O) groups excluding carboxylic acids is 1. The molecule has 1 saturated heterocycles. The number of pyridine rings is 1. The van der Waals surface area contributed by atoms with Crippen LogP contribution < -0.4 is 10.2 Å². The van der Waals surface area contributed by atoms with Gasteiger partial charge in [-0.25, -0.2) is 4.98 Å². The number of rotatable bonds is 6. The zero-order valence-corrected chi connectivity index (χ0v) is 16.7. The molecule has 3 heterocycles. The van der Waals surface area contributed by atoms with Crippen molar-refractivity contribution in [3.63, 3.8) is 0 Å². The van der Waals surface area contributed by atoms with E-state index in [0.717, 1.165) is 55.9 Å². The Balaban J connectivity index is 1.53. The highest BCUT2D eigenvalue weighted by Gasteiger charge is 2.26. The van der Waals surface area contributed by atoms with Crippen molar-refractivity contribution in [1.29, 1.82) is 5.26 Å². The Morgan fingerprint density at radius 3 is 2.75 bits per heavy atom. The standard InChI is InChI=1S/C21H24N4O2S/c22-12-18-16-7-1-2-8-17(16)20(25-9-3-4-10-25)24-21(18)28-14-19(26)23-13-15-6-5-11-27-15/h5-6,11H,1-4,7-10,13-14H2,(H,23,26). The molecule has 0 bridgehead atoms. The number of amides is 1. The van der Waals surface area contributed by atoms with Gasteiger partial charge in [-0.3, -0.25) is 4.79 Å². The lowest BCUT2D eigenvalue weighted by Crippen LogP contribution is -2.25. The lowest BCUT2D eigenvalue weighted by Gasteiger charge is -2.27. The van der Waals surface area contributed by atoms with Gasteiger partial charge in [-0.1, -0.05) is 11.8 Å². The van der Waals surface area contributed by atoms with E-state index in [2.05, 4.69) is 16.3 Å². The molecule has 0 atom stereocenters. The van der Waals surface area contributed by atoms with Crippen LogP contribution in [-0.2, 0) is 24.2 Å². The number of aromatic nitrogens is 1. The molecule has 4 rings (SSSR count). The molecule has 146 valence electrons. The first kappa shape index (κ1) is 18.9. The average Bonchev–Trinajstić information content (AvgIpc) is 3.44. The van der Waals surface area contributed by atoms with E-state index in [-0.39, 0.29) is 11.7 Å². The second-order valence-corrected chi connectivity index (χ2v) is 8.19. The maximum Gasteiger partial charge on any atom is 0.230 e. The first-order valence-electron chi connectivity index (χ1n) is 9.89. The van der Waals surface area contributed by atoms with Crippen LogP contribution in [-0.4, -0.2) is 29.7 Å². The zero-order valence-electron chi connectivity index (χ0n) is 15.9. The summed E-state index contributed by atoms with van der Waals surface area (Å²) in [5, 5.41) is 13.3. The molecule has 2 aromatic heterocycles. The fraction of sp³-hybridized carbons (Fsp3) is 0.476. The van der Waals surface area contributed by atoms with E-state index in [9.17, 15) is 10.1 Å². The predicted octanol–water partition coefficient (Wildman–Crippen LogP) is 3.43. The van der Waals surface area contributed by atoms with Crippen LogP contribution in [0.3, 0.4) is 0 Å². The van der Waals surface area contributed by atoms with Crippen LogP contribution in [0.4, 0.5) is 5.82 Å². The summed E-state index contributed by atoms with van der Waals surface area (Å²) in [6.07, 6.45) is 8.16. The van der Waals surface area contributed by atoms with Crippen LogP contribution in [0.15, 0.2) is 27.8 Å². The maximum atomic E-state index is 12.2. The number of furan rings is 1. The van der Waals surface area contributed by atoms with E-state index in [1.807, 2.05) is 6.07 Å². The highest BCUT2D eigenvalue weighted by molar-refractivity contribution is 8.00. The van der Waals surface area contributed by atoms with Crippen molar-refractivity contribution in [2.24, 2.45) is 0 Å². The number of hydrogen-bond donors (Lipinski definition) is 1. The summed E-state index contributed by atoms with van der Waals surface area (Å²) in [5.74, 6) is 1.91. The Labute approximate surface area is 169 Å². The molecule has 1 aliphatic carbocycles. The second kappa shape index (κ2) is 8.70. The van der Waals surface area contributed by atoms with Crippen LogP contribution in [0, 0.1) is 11.3 Å². The number of nitrogens with zero attached hydrogens (tertiary/aromatic N) is 3. The van der Waals surface area contributed by atoms with Gasteiger partial charge in [0, 0.05) is 13.1 Å². The molecule has 0 spiro atoms. The highest BCUT2D eigenvalue weighted by atomic mass is 32.2. The Morgan fingerprint density at radius 2 is 2.04 bits per heavy atom. The summed E-state index contributed by atoms with van der Waals surface area (Å²) in [6.45, 7) is 2.42. The quantitative estimate of drug-likeness (QED) is 0.753. The Bertz CT molecular complexity index is 883. The fourth-order valence-electron chi connectivity index (χ4n) is 3.97. The molecule has 0 aromatic carbocycles. The molecule has 1 N–H and O–H groups in total. The van der Waals surface area contributed by atoms with Gasteiger partial charge in [0.05, 0.1) is 24.1 Å². The third-order valence-electron chi connectivity index (χ3n) is 5.36. The van der Waals surface area contributed by atoms with Crippen LogP contribution in [0.5, 0.6) is 0 Å². The lowest BCUT2D eigenvalue weighted by molar-refractivity contribution is -0.118. The fourth-order valence-corrected chi connectivity index (χ4v) is 4.80. The average molecular weight is 397 g/mol. The van der Waals surface area contributed by atoms with Crippen LogP contribution >= 0.6 is 11.8 Å². The van der Waals surface area contributed by atoms with Crippen molar-refractivity contribution in [3.05, 3.63) is 40.8 Å². The van der Waals surface area contributed by atoms with Crippen LogP contribution in [0.25, 0.3) is 0 Å². The van der Waals surface area contributed by atoms with Crippen molar-refractivity contribution in [3.8, 4) is 6.07 Å². The van der Waals surface area contributed by atoms with E-state index in [1.54, 1.807) is 12.3 Å². The molecule has 0 unspecified atom stereocenters. The first-order valence-corrected chi connectivity index (χ1v) is 10.9. The minimum atomic E-state index is -0.0902. The lowest BCUT2D eigenvalue weighted by atomic mass is 9.89. The van der Waals surface area contributed by atoms with E-state index in [0.29, 0.717) is 17.1 Å². The molecule has 1 fully saturated rings. The number of anilines is 1. The molecule has 0 saturated carbocycles. The van der Waals surface area contributed by atoms with Crippen LogP contribution in [0.1, 0.15) is 48.1 Å². The van der Waals surface area contributed by atoms with Gasteiger partial charge in [0.2, 0.25) is 5.91 Å². The third kappa shape index (κ3) is 4.02. The zero-order chi connectivity index (χ0) is 19.3. The van der Waals surface area contributed by atoms with Crippen LogP contribution in [0.2, 0.25) is 0 Å². The topological polar surface area (TPSA) is 82.2 Å². The summed E-state index contributed by atoms with van der Waals surface area (Å²) in [5.41, 5.74) is 3.09. The minimum Gasteiger partial charge on any atom is -0.467 e. The number of hydrogen-bond acceptors (Lipinski definition) is 6. The van der Waals surface area contributed by atoms with Gasteiger partial charge >= 0.3 is 0 Å². The largest absolute Gasteiger partial charge is 0.467 e. The molecule has 2 aromatic rings. The molecule has 1 aliphatic heterocycles. The smallest absolute Gasteiger partial charge is 0.230 e. The first-order chi connectivity index (χ1) is 13.8. The SMILES string of the molecule is N#Cc1c(SCC(=O)NCc2ccco2)nc(N2CCCC2)c2c1CCCC2. The third-order valence-corrected chi connectivity index (χ3v) is 6.33. The number of nitrogens with one attached hydrogen (secondary N) is 1. The van der Waals surface area contributed by atoms with Crippen molar-refractivity contribution >= 4 is 23.5 Å². The van der Waals surface area contributed by atoms with Gasteiger partial charge in [-0.15, -0.1) is 0 Å². The predicted molar refractivity (Wildman–Crippen MR) is 108 cm³/mol. The molecule has 7 heteroatoms. The maximum absolute atomic E-state index is 12.2. The number of fused-ring (bicyclic) bond motifs is 1. The van der Waals surface area contributed by atoms with Gasteiger partial charge in [-0.2, -0.15) is 5.26 Å². The van der Waals surface area contributed by atoms with Gasteiger partial charge in [0.15, 0.2) is 0 Å². The summed E-state index contributed by atoms with van der Waals surface area (Å²) in [7, 11) is 0. The Morgan fingerprint density at radius 1 is 1.25 bits per heavy atom. The van der Waals surface area contributed by atoms with Gasteiger partial charge < -0.3 is 14.6 Å². The molecular formula is C21H24N4O2S. The molecule has 0 radical (unpaired) electrons. The van der Waals surface area contributed by atoms with Gasteiger partial charge in [0.25, 0.3) is 0 Å². The molecular weight excluding hydrogens is 372 g/mol. The highest BCUT2D eigenvalue weighted by Crippen LogP contribution is 2.37. The van der Waals surface area contributed by atoms with Crippen molar-refractivity contribution in [1.82, 2.24) is 10.3 Å². The monoisotopic (exact) mass is 396 g/mol. The van der Waals surface area contributed by atoms with E-state index < -0.39 is 0 Å². The number of carbonyl (C=O) groups is 1. The molecule has 6 nitrogen and oxygen atoms in total.